The Morgan fingerprint density at radius 3 is 2.14 bits per heavy atom. The van der Waals surface area contributed by atoms with Crippen molar-refractivity contribution in [2.75, 3.05) is 0 Å². The van der Waals surface area contributed by atoms with Crippen molar-refractivity contribution >= 4 is 0 Å². The first-order valence-corrected chi connectivity index (χ1v) is 7.20. The second kappa shape index (κ2) is 5.56. The molecule has 21 heavy (non-hydrogen) atoms. The highest BCUT2D eigenvalue weighted by molar-refractivity contribution is 5.17. The highest BCUT2D eigenvalue weighted by Crippen LogP contribution is 2.10. The SMILES string of the molecule is Cc1cc(C)n(Cc2cc(C)n(Cc3ccccc3)n2)n1. The van der Waals surface area contributed by atoms with Gasteiger partial charge < -0.3 is 0 Å². The topological polar surface area (TPSA) is 35.6 Å². The zero-order valence-electron chi connectivity index (χ0n) is 12.7. The predicted octanol–water partition coefficient (Wildman–Crippen LogP) is 3.10. The molecule has 2 aromatic heterocycles. The van der Waals surface area contributed by atoms with Gasteiger partial charge in [-0.1, -0.05) is 30.3 Å². The second-order valence-electron chi connectivity index (χ2n) is 5.51. The van der Waals surface area contributed by atoms with Crippen LogP contribution in [-0.4, -0.2) is 19.6 Å². The van der Waals surface area contributed by atoms with E-state index in [1.54, 1.807) is 0 Å². The quantitative estimate of drug-likeness (QED) is 0.736. The Morgan fingerprint density at radius 1 is 0.810 bits per heavy atom. The van der Waals surface area contributed by atoms with Gasteiger partial charge in [0.25, 0.3) is 0 Å². The summed E-state index contributed by atoms with van der Waals surface area (Å²) in [6, 6.07) is 14.6. The zero-order valence-corrected chi connectivity index (χ0v) is 12.7. The van der Waals surface area contributed by atoms with Gasteiger partial charge in [-0.15, -0.1) is 0 Å². The van der Waals surface area contributed by atoms with E-state index in [1.165, 1.54) is 17.0 Å². The van der Waals surface area contributed by atoms with E-state index in [0.717, 1.165) is 24.5 Å². The molecule has 2 heterocycles. The van der Waals surface area contributed by atoms with Gasteiger partial charge in [0.2, 0.25) is 0 Å². The number of nitrogens with zero attached hydrogens (tertiary/aromatic N) is 4. The molecule has 4 heteroatoms. The van der Waals surface area contributed by atoms with E-state index in [9.17, 15) is 0 Å². The van der Waals surface area contributed by atoms with Gasteiger partial charge in [0.15, 0.2) is 0 Å². The molecule has 0 atom stereocenters. The third-order valence-corrected chi connectivity index (χ3v) is 3.62. The molecule has 108 valence electrons. The maximum Gasteiger partial charge on any atom is 0.0853 e. The van der Waals surface area contributed by atoms with E-state index in [2.05, 4.69) is 60.0 Å². The summed E-state index contributed by atoms with van der Waals surface area (Å²) >= 11 is 0. The summed E-state index contributed by atoms with van der Waals surface area (Å²) in [6.45, 7) is 7.73. The van der Waals surface area contributed by atoms with Crippen LogP contribution in [-0.2, 0) is 13.1 Å². The Kier molecular flexibility index (Phi) is 3.60. The summed E-state index contributed by atoms with van der Waals surface area (Å²) in [5.74, 6) is 0. The predicted molar refractivity (Wildman–Crippen MR) is 83.3 cm³/mol. The molecular weight excluding hydrogens is 260 g/mol. The molecule has 0 radical (unpaired) electrons. The lowest BCUT2D eigenvalue weighted by Gasteiger charge is -2.04. The monoisotopic (exact) mass is 280 g/mol. The number of hydrogen-bond donors (Lipinski definition) is 0. The number of aryl methyl sites for hydroxylation is 3. The highest BCUT2D eigenvalue weighted by atomic mass is 15.3. The first-order chi connectivity index (χ1) is 10.1. The molecule has 0 aliphatic rings. The lowest BCUT2D eigenvalue weighted by atomic mass is 10.2. The van der Waals surface area contributed by atoms with Crippen LogP contribution in [0.1, 0.15) is 28.3 Å². The molecule has 4 nitrogen and oxygen atoms in total. The van der Waals surface area contributed by atoms with Crippen LogP contribution in [0.2, 0.25) is 0 Å². The van der Waals surface area contributed by atoms with Gasteiger partial charge in [-0.25, -0.2) is 0 Å². The highest BCUT2D eigenvalue weighted by Gasteiger charge is 2.08. The maximum atomic E-state index is 4.71. The summed E-state index contributed by atoms with van der Waals surface area (Å²) in [4.78, 5) is 0. The molecule has 0 amide bonds. The average molecular weight is 280 g/mol. The lowest BCUT2D eigenvalue weighted by Crippen LogP contribution is -2.07. The first kappa shape index (κ1) is 13.6. The Hall–Kier alpha value is -2.36. The van der Waals surface area contributed by atoms with Crippen molar-refractivity contribution < 1.29 is 0 Å². The third-order valence-electron chi connectivity index (χ3n) is 3.62. The second-order valence-corrected chi connectivity index (χ2v) is 5.51. The molecule has 0 aliphatic heterocycles. The van der Waals surface area contributed by atoms with Crippen molar-refractivity contribution in [3.63, 3.8) is 0 Å². The van der Waals surface area contributed by atoms with Gasteiger partial charge in [-0.3, -0.25) is 9.36 Å². The van der Waals surface area contributed by atoms with Gasteiger partial charge >= 0.3 is 0 Å². The summed E-state index contributed by atoms with van der Waals surface area (Å²) < 4.78 is 4.06. The Morgan fingerprint density at radius 2 is 1.48 bits per heavy atom. The molecule has 0 aliphatic carbocycles. The van der Waals surface area contributed by atoms with E-state index in [1.807, 2.05) is 17.7 Å². The van der Waals surface area contributed by atoms with Crippen molar-refractivity contribution in [2.24, 2.45) is 0 Å². The molecule has 0 saturated heterocycles. The molecule has 0 fully saturated rings. The lowest BCUT2D eigenvalue weighted by molar-refractivity contribution is 0.610. The van der Waals surface area contributed by atoms with Gasteiger partial charge in [0, 0.05) is 11.4 Å². The molecule has 3 rings (SSSR count). The number of hydrogen-bond acceptors (Lipinski definition) is 2. The van der Waals surface area contributed by atoms with Crippen molar-refractivity contribution in [3.8, 4) is 0 Å². The fourth-order valence-electron chi connectivity index (χ4n) is 2.56. The molecule has 1 aromatic carbocycles. The zero-order chi connectivity index (χ0) is 14.8. The largest absolute Gasteiger partial charge is 0.265 e. The van der Waals surface area contributed by atoms with E-state index in [0.29, 0.717) is 0 Å². The van der Waals surface area contributed by atoms with Crippen molar-refractivity contribution in [1.82, 2.24) is 19.6 Å². The van der Waals surface area contributed by atoms with Gasteiger partial charge in [-0.2, -0.15) is 10.2 Å². The number of rotatable bonds is 4. The van der Waals surface area contributed by atoms with Crippen molar-refractivity contribution in [3.05, 3.63) is 70.8 Å². The van der Waals surface area contributed by atoms with Crippen LogP contribution in [0, 0.1) is 20.8 Å². The summed E-state index contributed by atoms with van der Waals surface area (Å²) in [7, 11) is 0. The molecule has 0 unspecified atom stereocenters. The minimum Gasteiger partial charge on any atom is -0.265 e. The normalized spacial score (nSPS) is 11.0. The standard InChI is InChI=1S/C17H20N4/c1-13-9-14(2)21(18-13)12-17-10-15(3)20(19-17)11-16-7-5-4-6-8-16/h4-10H,11-12H2,1-3H3. The molecule has 0 bridgehead atoms. The molecule has 0 saturated carbocycles. The number of aromatic nitrogens is 4. The van der Waals surface area contributed by atoms with Gasteiger partial charge in [0.1, 0.15) is 0 Å². The molecule has 3 aromatic rings. The molecule has 0 N–H and O–H groups in total. The van der Waals surface area contributed by atoms with Gasteiger partial charge in [0.05, 0.1) is 24.5 Å². The van der Waals surface area contributed by atoms with Crippen LogP contribution in [0.5, 0.6) is 0 Å². The smallest absolute Gasteiger partial charge is 0.0853 e. The summed E-state index contributed by atoms with van der Waals surface area (Å²) in [6.07, 6.45) is 0. The summed E-state index contributed by atoms with van der Waals surface area (Å²) in [5.41, 5.74) is 5.71. The van der Waals surface area contributed by atoms with E-state index in [4.69, 9.17) is 5.10 Å². The minimum atomic E-state index is 0.725. The fraction of sp³-hybridized carbons (Fsp3) is 0.294. The van der Waals surface area contributed by atoms with Crippen LogP contribution < -0.4 is 0 Å². The van der Waals surface area contributed by atoms with Gasteiger partial charge in [-0.05, 0) is 38.5 Å². The van der Waals surface area contributed by atoms with E-state index in [-0.39, 0.29) is 0 Å². The first-order valence-electron chi connectivity index (χ1n) is 7.20. The van der Waals surface area contributed by atoms with Crippen LogP contribution >= 0.6 is 0 Å². The maximum absolute atomic E-state index is 4.71. The Bertz CT molecular complexity index is 737. The minimum absolute atomic E-state index is 0.725. The molecular formula is C17H20N4. The summed E-state index contributed by atoms with van der Waals surface area (Å²) in [5, 5.41) is 9.20. The molecule has 0 spiro atoms. The number of benzene rings is 1. The van der Waals surface area contributed by atoms with Crippen molar-refractivity contribution in [2.45, 2.75) is 33.9 Å². The van der Waals surface area contributed by atoms with Crippen LogP contribution in [0.15, 0.2) is 42.5 Å². The van der Waals surface area contributed by atoms with Crippen LogP contribution in [0.3, 0.4) is 0 Å². The Labute approximate surface area is 125 Å². The van der Waals surface area contributed by atoms with Crippen molar-refractivity contribution in [1.29, 1.82) is 0 Å². The Balaban J connectivity index is 1.80. The van der Waals surface area contributed by atoms with Crippen LogP contribution in [0.25, 0.3) is 0 Å². The van der Waals surface area contributed by atoms with E-state index >= 15 is 0 Å². The fourth-order valence-corrected chi connectivity index (χ4v) is 2.56. The average Bonchev–Trinajstić information content (AvgIpc) is 2.94. The third kappa shape index (κ3) is 3.05. The van der Waals surface area contributed by atoms with Crippen LogP contribution in [0.4, 0.5) is 0 Å². The van der Waals surface area contributed by atoms with E-state index < -0.39 is 0 Å².